The van der Waals surface area contributed by atoms with Crippen LogP contribution in [-0.2, 0) is 23.1 Å². The fraction of sp³-hybridized carbons (Fsp3) is 0.542. The van der Waals surface area contributed by atoms with Crippen LogP contribution in [0, 0.1) is 11.8 Å². The van der Waals surface area contributed by atoms with Gasteiger partial charge in [0.25, 0.3) is 10.2 Å². The Morgan fingerprint density at radius 2 is 1.94 bits per heavy atom. The van der Waals surface area contributed by atoms with Crippen LogP contribution >= 0.6 is 11.3 Å². The molecule has 1 aromatic carbocycles. The summed E-state index contributed by atoms with van der Waals surface area (Å²) in [5, 5.41) is 4.27. The summed E-state index contributed by atoms with van der Waals surface area (Å²) >= 11 is 1.68. The number of alkyl halides is 3. The molecule has 1 saturated carbocycles. The SMILES string of the molecule is O=S1(=O)N[C@@]2(CN1CC(F)(F)F)[C@@H]1CC[C@H]2Cc2ccc(-c3ncc(C4=CCNCC4)s3)cc2C1. The quantitative estimate of drug-likeness (QED) is 0.641. The van der Waals surface area contributed by atoms with Crippen molar-refractivity contribution >= 4 is 27.1 Å². The Bertz CT molecular complexity index is 1290. The average Bonchev–Trinajstić information content (AvgIpc) is 3.43. The Kier molecular flexibility index (Phi) is 5.65. The molecule has 35 heavy (non-hydrogen) atoms. The topological polar surface area (TPSA) is 74.3 Å². The fourth-order valence-corrected chi connectivity index (χ4v) is 9.07. The Hall–Kier alpha value is -1.79. The second kappa shape index (κ2) is 8.37. The van der Waals surface area contributed by atoms with Gasteiger partial charge < -0.3 is 5.32 Å². The third-order valence-corrected chi connectivity index (χ3v) is 10.7. The van der Waals surface area contributed by atoms with Gasteiger partial charge in [0.2, 0.25) is 0 Å². The second-order valence-corrected chi connectivity index (χ2v) is 12.8. The first kappa shape index (κ1) is 23.6. The number of fused-ring (bicyclic) bond motifs is 1. The minimum atomic E-state index is -4.57. The third-order valence-electron chi connectivity index (χ3n) is 8.05. The van der Waals surface area contributed by atoms with Gasteiger partial charge in [-0.05, 0) is 73.3 Å². The van der Waals surface area contributed by atoms with Crippen molar-refractivity contribution in [2.75, 3.05) is 26.2 Å². The predicted octanol–water partition coefficient (Wildman–Crippen LogP) is 3.76. The predicted molar refractivity (Wildman–Crippen MR) is 129 cm³/mol. The van der Waals surface area contributed by atoms with Crippen molar-refractivity contribution < 1.29 is 21.6 Å². The summed E-state index contributed by atoms with van der Waals surface area (Å²) in [6.45, 7) is 0.270. The molecule has 2 aliphatic heterocycles. The summed E-state index contributed by atoms with van der Waals surface area (Å²) in [4.78, 5) is 5.85. The van der Waals surface area contributed by atoms with E-state index >= 15 is 0 Å². The van der Waals surface area contributed by atoms with Crippen LogP contribution in [0.25, 0.3) is 16.1 Å². The highest BCUT2D eigenvalue weighted by atomic mass is 32.2. The van der Waals surface area contributed by atoms with Crippen molar-refractivity contribution in [3.63, 3.8) is 0 Å². The number of aromatic nitrogens is 1. The van der Waals surface area contributed by atoms with E-state index in [0.29, 0.717) is 17.1 Å². The van der Waals surface area contributed by atoms with E-state index in [1.54, 1.807) is 11.3 Å². The summed E-state index contributed by atoms with van der Waals surface area (Å²) < 4.78 is 68.0. The van der Waals surface area contributed by atoms with Gasteiger partial charge in [0.15, 0.2) is 0 Å². The standard InChI is InChI=1S/C24H27F3N4O2S2/c25-24(26,27)14-31-13-23(30-35(31,32)33)19-3-4-20(23)11-18-9-17(2-1-16(18)10-19)22-29-12-21(34-22)15-5-7-28-8-6-15/h1-2,5,9,12,19-20,28,30H,3-4,6-8,10-11,13-14H2/t19-,20+,23+/m0/s1. The summed E-state index contributed by atoms with van der Waals surface area (Å²) in [5.41, 5.74) is 3.82. The van der Waals surface area contributed by atoms with Crippen molar-refractivity contribution in [3.8, 4) is 10.6 Å². The van der Waals surface area contributed by atoms with Crippen LogP contribution in [0.5, 0.6) is 0 Å². The van der Waals surface area contributed by atoms with E-state index in [0.717, 1.165) is 54.0 Å². The normalized spacial score (nSPS) is 30.3. The Labute approximate surface area is 206 Å². The van der Waals surface area contributed by atoms with E-state index in [4.69, 9.17) is 0 Å². The van der Waals surface area contributed by atoms with E-state index in [9.17, 15) is 21.6 Å². The number of hydrogen-bond donors (Lipinski definition) is 2. The smallest absolute Gasteiger partial charge is 0.313 e. The van der Waals surface area contributed by atoms with Crippen molar-refractivity contribution in [3.05, 3.63) is 46.5 Å². The van der Waals surface area contributed by atoms with Crippen LogP contribution in [0.15, 0.2) is 30.5 Å². The highest BCUT2D eigenvalue weighted by molar-refractivity contribution is 7.87. The van der Waals surface area contributed by atoms with Gasteiger partial charge >= 0.3 is 6.18 Å². The van der Waals surface area contributed by atoms with Gasteiger partial charge in [-0.3, -0.25) is 0 Å². The van der Waals surface area contributed by atoms with Crippen LogP contribution < -0.4 is 10.0 Å². The molecule has 188 valence electrons. The zero-order chi connectivity index (χ0) is 24.4. The monoisotopic (exact) mass is 524 g/mol. The van der Waals surface area contributed by atoms with Crippen LogP contribution in [0.1, 0.15) is 35.3 Å². The van der Waals surface area contributed by atoms with Gasteiger partial charge in [-0.15, -0.1) is 11.3 Å². The molecule has 2 aliphatic carbocycles. The fourth-order valence-electron chi connectivity index (χ4n) is 6.38. The molecular weight excluding hydrogens is 497 g/mol. The molecule has 6 nitrogen and oxygen atoms in total. The van der Waals surface area contributed by atoms with Crippen molar-refractivity contribution in [1.82, 2.24) is 19.3 Å². The molecule has 2 fully saturated rings. The zero-order valence-electron chi connectivity index (χ0n) is 19.1. The number of rotatable bonds is 3. The molecule has 3 heterocycles. The molecule has 4 aliphatic rings. The van der Waals surface area contributed by atoms with Crippen LogP contribution in [0.3, 0.4) is 0 Å². The van der Waals surface area contributed by atoms with E-state index in [-0.39, 0.29) is 18.4 Å². The molecule has 2 bridgehead atoms. The molecule has 0 amide bonds. The molecule has 1 saturated heterocycles. The van der Waals surface area contributed by atoms with Gasteiger partial charge in [0, 0.05) is 24.8 Å². The van der Waals surface area contributed by atoms with E-state index in [2.05, 4.69) is 39.3 Å². The van der Waals surface area contributed by atoms with Gasteiger partial charge in [-0.2, -0.15) is 30.6 Å². The maximum Gasteiger partial charge on any atom is 0.402 e. The van der Waals surface area contributed by atoms with Gasteiger partial charge in [0.1, 0.15) is 11.6 Å². The van der Waals surface area contributed by atoms with Crippen molar-refractivity contribution in [2.24, 2.45) is 11.8 Å². The lowest BCUT2D eigenvalue weighted by Crippen LogP contribution is -2.52. The van der Waals surface area contributed by atoms with E-state index in [1.807, 2.05) is 6.20 Å². The van der Waals surface area contributed by atoms with Crippen LogP contribution in [0.2, 0.25) is 0 Å². The van der Waals surface area contributed by atoms with Gasteiger partial charge in [-0.1, -0.05) is 18.2 Å². The molecule has 11 heteroatoms. The van der Waals surface area contributed by atoms with Crippen molar-refractivity contribution in [2.45, 2.75) is 43.8 Å². The number of hydrogen-bond acceptors (Lipinski definition) is 5. The zero-order valence-corrected chi connectivity index (χ0v) is 20.7. The lowest BCUT2D eigenvalue weighted by Gasteiger charge is -2.33. The molecule has 0 unspecified atom stereocenters. The van der Waals surface area contributed by atoms with E-state index < -0.39 is 28.5 Å². The number of nitrogens with zero attached hydrogens (tertiary/aromatic N) is 2. The number of nitrogens with one attached hydrogen (secondary N) is 2. The molecular formula is C24H27F3N4O2S2. The minimum Gasteiger partial charge on any atom is -0.313 e. The Morgan fingerprint density at radius 1 is 1.17 bits per heavy atom. The van der Waals surface area contributed by atoms with Gasteiger partial charge in [-0.25, -0.2) is 4.98 Å². The van der Waals surface area contributed by atoms with Crippen molar-refractivity contribution in [1.29, 1.82) is 0 Å². The summed E-state index contributed by atoms with van der Waals surface area (Å²) in [6, 6.07) is 6.32. The molecule has 3 atom stereocenters. The first-order valence-corrected chi connectivity index (χ1v) is 14.2. The summed E-state index contributed by atoms with van der Waals surface area (Å²) in [7, 11) is -4.17. The molecule has 1 aromatic heterocycles. The highest BCUT2D eigenvalue weighted by Gasteiger charge is 2.60. The van der Waals surface area contributed by atoms with Crippen LogP contribution in [-0.4, -0.2) is 55.6 Å². The lowest BCUT2D eigenvalue weighted by atomic mass is 9.79. The van der Waals surface area contributed by atoms with Crippen LogP contribution in [0.4, 0.5) is 13.2 Å². The number of benzene rings is 1. The number of halogens is 3. The first-order chi connectivity index (χ1) is 16.6. The molecule has 6 rings (SSSR count). The average molecular weight is 525 g/mol. The maximum absolute atomic E-state index is 13.1. The minimum absolute atomic E-state index is 0.0223. The van der Waals surface area contributed by atoms with Gasteiger partial charge in [0.05, 0.1) is 10.4 Å². The lowest BCUT2D eigenvalue weighted by molar-refractivity contribution is -0.136. The second-order valence-electron chi connectivity index (χ2n) is 10.1. The molecule has 2 N–H and O–H groups in total. The summed E-state index contributed by atoms with van der Waals surface area (Å²) in [6.07, 6.45) is 3.49. The molecule has 1 spiro atoms. The Balaban J connectivity index is 1.28. The molecule has 0 radical (unpaired) electrons. The maximum atomic E-state index is 13.1. The summed E-state index contributed by atoms with van der Waals surface area (Å²) in [5.74, 6) is -0.0605. The Morgan fingerprint density at radius 3 is 2.66 bits per heavy atom. The molecule has 2 aromatic rings. The first-order valence-electron chi connectivity index (χ1n) is 12.0. The number of thiazole rings is 1. The highest BCUT2D eigenvalue weighted by Crippen LogP contribution is 2.51. The van der Waals surface area contributed by atoms with E-state index in [1.165, 1.54) is 10.5 Å². The third kappa shape index (κ3) is 4.25. The largest absolute Gasteiger partial charge is 0.402 e.